The summed E-state index contributed by atoms with van der Waals surface area (Å²) >= 11 is 1.43. The fraction of sp³-hybridized carbons (Fsp3) is 0.0833. The van der Waals surface area contributed by atoms with E-state index < -0.39 is 11.8 Å². The molecule has 0 spiro atoms. The molecule has 4 nitrogen and oxygen atoms in total. The van der Waals surface area contributed by atoms with E-state index in [0.29, 0.717) is 5.75 Å². The molecule has 2 rings (SSSR count). The van der Waals surface area contributed by atoms with Crippen molar-refractivity contribution in [3.63, 3.8) is 0 Å². The number of thioether (sulfide) groups is 1. The predicted octanol–water partition coefficient (Wildman–Crippen LogP) is 2.61. The van der Waals surface area contributed by atoms with Gasteiger partial charge < -0.3 is 5.11 Å². The van der Waals surface area contributed by atoms with Gasteiger partial charge in [-0.25, -0.2) is 19.2 Å². The van der Waals surface area contributed by atoms with Gasteiger partial charge in [0.15, 0.2) is 0 Å². The van der Waals surface area contributed by atoms with Crippen LogP contribution in [0, 0.1) is 5.82 Å². The van der Waals surface area contributed by atoms with Gasteiger partial charge in [-0.05, 0) is 23.8 Å². The number of benzene rings is 1. The highest BCUT2D eigenvalue weighted by molar-refractivity contribution is 7.98. The molecule has 6 heteroatoms. The summed E-state index contributed by atoms with van der Waals surface area (Å²) in [4.78, 5) is 18.6. The normalized spacial score (nSPS) is 10.3. The zero-order valence-corrected chi connectivity index (χ0v) is 10.0. The first-order chi connectivity index (χ1) is 8.66. The van der Waals surface area contributed by atoms with E-state index >= 15 is 0 Å². The van der Waals surface area contributed by atoms with E-state index in [4.69, 9.17) is 5.11 Å². The minimum absolute atomic E-state index is 0.309. The molecule has 0 saturated heterocycles. The van der Waals surface area contributed by atoms with Crippen LogP contribution in [0.25, 0.3) is 0 Å². The molecule has 2 aromatic rings. The van der Waals surface area contributed by atoms with Crippen LogP contribution in [0.15, 0.2) is 41.8 Å². The van der Waals surface area contributed by atoms with Crippen molar-refractivity contribution in [2.24, 2.45) is 0 Å². The SMILES string of the molecule is O=C(O)c1cc(CSc2ccncn2)ccc1F. The predicted molar refractivity (Wildman–Crippen MR) is 65.0 cm³/mol. The number of aromatic carboxylic acids is 1. The van der Waals surface area contributed by atoms with Gasteiger partial charge in [-0.15, -0.1) is 11.8 Å². The number of rotatable bonds is 4. The smallest absolute Gasteiger partial charge is 0.338 e. The Labute approximate surface area is 107 Å². The van der Waals surface area contributed by atoms with Gasteiger partial charge in [0.05, 0.1) is 10.6 Å². The first kappa shape index (κ1) is 12.5. The first-order valence-electron chi connectivity index (χ1n) is 5.07. The molecule has 0 bridgehead atoms. The van der Waals surface area contributed by atoms with E-state index in [1.807, 2.05) is 0 Å². The molecular formula is C12H9FN2O2S. The van der Waals surface area contributed by atoms with Gasteiger partial charge >= 0.3 is 5.97 Å². The topological polar surface area (TPSA) is 63.1 Å². The Hall–Kier alpha value is -1.95. The van der Waals surface area contributed by atoms with E-state index in [0.717, 1.165) is 10.6 Å². The molecule has 0 aliphatic carbocycles. The molecule has 92 valence electrons. The van der Waals surface area contributed by atoms with Crippen LogP contribution in [0.2, 0.25) is 0 Å². The summed E-state index contributed by atoms with van der Waals surface area (Å²) in [5, 5.41) is 9.59. The van der Waals surface area contributed by atoms with Crippen LogP contribution >= 0.6 is 11.8 Å². The van der Waals surface area contributed by atoms with Gasteiger partial charge in [0, 0.05) is 11.9 Å². The fourth-order valence-electron chi connectivity index (χ4n) is 1.35. The monoisotopic (exact) mass is 264 g/mol. The molecule has 0 saturated carbocycles. The molecule has 0 atom stereocenters. The lowest BCUT2D eigenvalue weighted by molar-refractivity contribution is 0.0692. The number of nitrogens with zero attached hydrogens (tertiary/aromatic N) is 2. The Morgan fingerprint density at radius 2 is 2.22 bits per heavy atom. The van der Waals surface area contributed by atoms with Crippen molar-refractivity contribution in [1.29, 1.82) is 0 Å². The van der Waals surface area contributed by atoms with Crippen molar-refractivity contribution in [1.82, 2.24) is 9.97 Å². The fourth-order valence-corrected chi connectivity index (χ4v) is 2.12. The number of carboxylic acid groups (broad SMARTS) is 1. The van der Waals surface area contributed by atoms with Crippen LogP contribution in [-0.4, -0.2) is 21.0 Å². The van der Waals surface area contributed by atoms with Crippen LogP contribution in [-0.2, 0) is 5.75 Å². The Bertz CT molecular complexity index is 563. The minimum Gasteiger partial charge on any atom is -0.478 e. The summed E-state index contributed by atoms with van der Waals surface area (Å²) < 4.78 is 13.2. The zero-order chi connectivity index (χ0) is 13.0. The first-order valence-corrected chi connectivity index (χ1v) is 6.06. The Balaban J connectivity index is 2.11. The lowest BCUT2D eigenvalue weighted by Gasteiger charge is -2.03. The third-order valence-corrected chi connectivity index (χ3v) is 3.22. The summed E-state index contributed by atoms with van der Waals surface area (Å²) in [5.74, 6) is -1.46. The summed E-state index contributed by atoms with van der Waals surface area (Å²) in [5.41, 5.74) is 0.424. The van der Waals surface area contributed by atoms with Crippen molar-refractivity contribution >= 4 is 17.7 Å². The van der Waals surface area contributed by atoms with Crippen LogP contribution in [0.5, 0.6) is 0 Å². The summed E-state index contributed by atoms with van der Waals surface area (Å²) in [6.45, 7) is 0. The number of hydrogen-bond donors (Lipinski definition) is 1. The highest BCUT2D eigenvalue weighted by Gasteiger charge is 2.10. The molecule has 0 fully saturated rings. The molecule has 1 aromatic carbocycles. The molecule has 1 N–H and O–H groups in total. The second-order valence-corrected chi connectivity index (χ2v) is 4.45. The second-order valence-electron chi connectivity index (χ2n) is 3.46. The highest BCUT2D eigenvalue weighted by Crippen LogP contribution is 2.21. The van der Waals surface area contributed by atoms with Crippen LogP contribution in [0.4, 0.5) is 4.39 Å². The lowest BCUT2D eigenvalue weighted by atomic mass is 10.1. The van der Waals surface area contributed by atoms with E-state index in [1.54, 1.807) is 18.3 Å². The highest BCUT2D eigenvalue weighted by atomic mass is 32.2. The number of carbonyl (C=O) groups is 1. The average molecular weight is 264 g/mol. The molecule has 0 aliphatic heterocycles. The van der Waals surface area contributed by atoms with Gasteiger partial charge in [-0.2, -0.15) is 0 Å². The zero-order valence-electron chi connectivity index (χ0n) is 9.21. The van der Waals surface area contributed by atoms with Gasteiger partial charge in [0.2, 0.25) is 0 Å². The minimum atomic E-state index is -1.26. The van der Waals surface area contributed by atoms with Crippen molar-refractivity contribution in [2.45, 2.75) is 10.8 Å². The summed E-state index contributed by atoms with van der Waals surface area (Å²) in [6, 6.07) is 5.83. The maximum absolute atomic E-state index is 13.2. The largest absolute Gasteiger partial charge is 0.478 e. The second kappa shape index (κ2) is 5.59. The number of aromatic nitrogens is 2. The maximum atomic E-state index is 13.2. The van der Waals surface area contributed by atoms with Crippen LogP contribution in [0.3, 0.4) is 0 Å². The quantitative estimate of drug-likeness (QED) is 0.679. The van der Waals surface area contributed by atoms with Crippen molar-refractivity contribution < 1.29 is 14.3 Å². The van der Waals surface area contributed by atoms with Gasteiger partial charge in [0.1, 0.15) is 12.1 Å². The van der Waals surface area contributed by atoms with Gasteiger partial charge in [0.25, 0.3) is 0 Å². The standard InChI is InChI=1S/C12H9FN2O2S/c13-10-2-1-8(5-9(10)12(16)17)6-18-11-3-4-14-7-15-11/h1-5,7H,6H2,(H,16,17). The van der Waals surface area contributed by atoms with Crippen molar-refractivity contribution in [3.8, 4) is 0 Å². The van der Waals surface area contributed by atoms with E-state index in [9.17, 15) is 9.18 Å². The molecule has 0 amide bonds. The van der Waals surface area contributed by atoms with Crippen molar-refractivity contribution in [2.75, 3.05) is 0 Å². The van der Waals surface area contributed by atoms with E-state index in [1.165, 1.54) is 30.2 Å². The molecule has 1 aromatic heterocycles. The maximum Gasteiger partial charge on any atom is 0.338 e. The average Bonchev–Trinajstić information content (AvgIpc) is 2.38. The Morgan fingerprint density at radius 1 is 1.39 bits per heavy atom. The van der Waals surface area contributed by atoms with E-state index in [2.05, 4.69) is 9.97 Å². The molecular weight excluding hydrogens is 255 g/mol. The van der Waals surface area contributed by atoms with Crippen LogP contribution in [0.1, 0.15) is 15.9 Å². The lowest BCUT2D eigenvalue weighted by Crippen LogP contribution is -2.01. The number of hydrogen-bond acceptors (Lipinski definition) is 4. The van der Waals surface area contributed by atoms with Gasteiger partial charge in [-0.1, -0.05) is 6.07 Å². The molecule has 1 heterocycles. The molecule has 18 heavy (non-hydrogen) atoms. The van der Waals surface area contributed by atoms with Crippen molar-refractivity contribution in [3.05, 3.63) is 53.7 Å². The Kier molecular flexibility index (Phi) is 3.88. The van der Waals surface area contributed by atoms with Crippen LogP contribution < -0.4 is 0 Å². The molecule has 0 radical (unpaired) electrons. The molecule has 0 unspecified atom stereocenters. The summed E-state index contributed by atoms with van der Waals surface area (Å²) in [7, 11) is 0. The van der Waals surface area contributed by atoms with Gasteiger partial charge in [-0.3, -0.25) is 0 Å². The number of carboxylic acids is 1. The number of halogens is 1. The molecule has 0 aliphatic rings. The third-order valence-electron chi connectivity index (χ3n) is 2.20. The Morgan fingerprint density at radius 3 is 2.89 bits per heavy atom. The third kappa shape index (κ3) is 3.04. The summed E-state index contributed by atoms with van der Waals surface area (Å²) in [6.07, 6.45) is 3.07. The van der Waals surface area contributed by atoms with E-state index in [-0.39, 0.29) is 5.56 Å².